The Hall–Kier alpha value is -1.84. The van der Waals surface area contributed by atoms with Crippen molar-refractivity contribution in [2.75, 3.05) is 12.0 Å². The van der Waals surface area contributed by atoms with Gasteiger partial charge in [-0.2, -0.15) is 0 Å². The first-order valence-corrected chi connectivity index (χ1v) is 7.13. The van der Waals surface area contributed by atoms with Crippen LogP contribution < -0.4 is 9.64 Å². The van der Waals surface area contributed by atoms with Crippen LogP contribution in [0.4, 0.5) is 5.69 Å². The van der Waals surface area contributed by atoms with Crippen molar-refractivity contribution in [3.8, 4) is 5.75 Å². The first kappa shape index (κ1) is 13.2. The van der Waals surface area contributed by atoms with E-state index in [1.54, 1.807) is 31.4 Å². The Labute approximate surface area is 118 Å². The molecule has 1 saturated heterocycles. The van der Waals surface area contributed by atoms with E-state index in [0.29, 0.717) is 11.6 Å². The van der Waals surface area contributed by atoms with E-state index in [-0.39, 0.29) is 23.7 Å². The van der Waals surface area contributed by atoms with Crippen LogP contribution in [0.3, 0.4) is 0 Å². The van der Waals surface area contributed by atoms with Gasteiger partial charge >= 0.3 is 0 Å². The van der Waals surface area contributed by atoms with Crippen LogP contribution in [0.5, 0.6) is 5.75 Å². The number of carbonyl (C=O) groups excluding carboxylic acids is 2. The number of amides is 2. The van der Waals surface area contributed by atoms with Crippen LogP contribution in [0.25, 0.3) is 0 Å². The lowest BCUT2D eigenvalue weighted by Gasteiger charge is -2.25. The lowest BCUT2D eigenvalue weighted by Crippen LogP contribution is -2.30. The highest BCUT2D eigenvalue weighted by Gasteiger charge is 2.49. The van der Waals surface area contributed by atoms with Crippen LogP contribution in [0.15, 0.2) is 24.3 Å². The molecular formula is C16H19NO3. The zero-order valence-electron chi connectivity index (χ0n) is 11.8. The Bertz CT molecular complexity index is 537. The SMILES string of the molecule is COc1ccc(N2C(=O)[C@H]3CC[C@@H](C)C[C@H]3C2=O)cc1. The molecule has 3 rings (SSSR count). The number of fused-ring (bicyclic) bond motifs is 1. The fourth-order valence-electron chi connectivity index (χ4n) is 3.38. The van der Waals surface area contributed by atoms with Gasteiger partial charge in [-0.15, -0.1) is 0 Å². The van der Waals surface area contributed by atoms with Gasteiger partial charge in [0.15, 0.2) is 0 Å². The van der Waals surface area contributed by atoms with E-state index in [1.807, 2.05) is 0 Å². The fourth-order valence-corrected chi connectivity index (χ4v) is 3.38. The zero-order valence-corrected chi connectivity index (χ0v) is 11.8. The molecule has 1 heterocycles. The summed E-state index contributed by atoms with van der Waals surface area (Å²) in [6.45, 7) is 2.16. The van der Waals surface area contributed by atoms with Gasteiger partial charge in [-0.1, -0.05) is 6.92 Å². The van der Waals surface area contributed by atoms with Gasteiger partial charge in [-0.3, -0.25) is 14.5 Å². The van der Waals surface area contributed by atoms with Gasteiger partial charge in [-0.05, 0) is 49.4 Å². The summed E-state index contributed by atoms with van der Waals surface area (Å²) in [5, 5.41) is 0. The average Bonchev–Trinajstić information content (AvgIpc) is 2.71. The van der Waals surface area contributed by atoms with Gasteiger partial charge < -0.3 is 4.74 Å². The van der Waals surface area contributed by atoms with Crippen molar-refractivity contribution in [1.82, 2.24) is 0 Å². The summed E-state index contributed by atoms with van der Waals surface area (Å²) >= 11 is 0. The number of rotatable bonds is 2. The number of carbonyl (C=O) groups is 2. The van der Waals surface area contributed by atoms with Crippen LogP contribution in [-0.4, -0.2) is 18.9 Å². The smallest absolute Gasteiger partial charge is 0.237 e. The van der Waals surface area contributed by atoms with Crippen molar-refractivity contribution in [2.24, 2.45) is 17.8 Å². The summed E-state index contributed by atoms with van der Waals surface area (Å²) in [6, 6.07) is 7.10. The monoisotopic (exact) mass is 273 g/mol. The minimum Gasteiger partial charge on any atom is -0.497 e. The molecule has 20 heavy (non-hydrogen) atoms. The van der Waals surface area contributed by atoms with E-state index < -0.39 is 0 Å². The molecule has 2 aliphatic rings. The van der Waals surface area contributed by atoms with E-state index >= 15 is 0 Å². The lowest BCUT2D eigenvalue weighted by atomic mass is 9.76. The van der Waals surface area contributed by atoms with Crippen molar-refractivity contribution >= 4 is 17.5 Å². The van der Waals surface area contributed by atoms with Crippen LogP contribution >= 0.6 is 0 Å². The molecule has 1 aliphatic heterocycles. The van der Waals surface area contributed by atoms with Gasteiger partial charge in [0, 0.05) is 0 Å². The van der Waals surface area contributed by atoms with E-state index in [1.165, 1.54) is 4.90 Å². The van der Waals surface area contributed by atoms with Crippen molar-refractivity contribution in [1.29, 1.82) is 0 Å². The van der Waals surface area contributed by atoms with Gasteiger partial charge in [-0.25, -0.2) is 0 Å². The maximum Gasteiger partial charge on any atom is 0.237 e. The highest BCUT2D eigenvalue weighted by Crippen LogP contribution is 2.42. The molecule has 0 bridgehead atoms. The van der Waals surface area contributed by atoms with Crippen LogP contribution in [0.2, 0.25) is 0 Å². The number of hydrogen-bond acceptors (Lipinski definition) is 3. The second-order valence-corrected chi connectivity index (χ2v) is 5.84. The molecule has 106 valence electrons. The quantitative estimate of drug-likeness (QED) is 0.778. The summed E-state index contributed by atoms with van der Waals surface area (Å²) < 4.78 is 5.11. The Balaban J connectivity index is 1.89. The molecule has 1 saturated carbocycles. The molecule has 4 heteroatoms. The summed E-state index contributed by atoms with van der Waals surface area (Å²) in [5.74, 6) is 0.964. The van der Waals surface area contributed by atoms with Crippen LogP contribution in [0, 0.1) is 17.8 Å². The number of hydrogen-bond donors (Lipinski definition) is 0. The first-order chi connectivity index (χ1) is 9.61. The maximum absolute atomic E-state index is 12.5. The molecule has 0 unspecified atom stereocenters. The Morgan fingerprint density at radius 2 is 1.70 bits per heavy atom. The standard InChI is InChI=1S/C16H19NO3/c1-10-3-8-13-14(9-10)16(19)17(15(13)18)11-4-6-12(20-2)7-5-11/h4-7,10,13-14H,3,8-9H2,1-2H3/t10-,13+,14-/m1/s1. The van der Waals surface area contributed by atoms with Gasteiger partial charge in [0.05, 0.1) is 24.6 Å². The van der Waals surface area contributed by atoms with Crippen molar-refractivity contribution < 1.29 is 14.3 Å². The lowest BCUT2D eigenvalue weighted by molar-refractivity contribution is -0.122. The highest BCUT2D eigenvalue weighted by atomic mass is 16.5. The van der Waals surface area contributed by atoms with Crippen molar-refractivity contribution in [3.63, 3.8) is 0 Å². The number of ether oxygens (including phenoxy) is 1. The molecule has 2 amide bonds. The molecule has 1 aromatic rings. The molecule has 4 nitrogen and oxygen atoms in total. The summed E-state index contributed by atoms with van der Waals surface area (Å²) in [6.07, 6.45) is 2.71. The molecule has 0 spiro atoms. The Morgan fingerprint density at radius 3 is 2.35 bits per heavy atom. The zero-order chi connectivity index (χ0) is 14.3. The third-order valence-electron chi connectivity index (χ3n) is 4.52. The van der Waals surface area contributed by atoms with Crippen LogP contribution in [-0.2, 0) is 9.59 Å². The summed E-state index contributed by atoms with van der Waals surface area (Å²) in [5.41, 5.74) is 0.655. The van der Waals surface area contributed by atoms with Crippen LogP contribution in [0.1, 0.15) is 26.2 Å². The number of methoxy groups -OCH3 is 1. The molecule has 1 aliphatic carbocycles. The number of benzene rings is 1. The van der Waals surface area contributed by atoms with Gasteiger partial charge in [0.25, 0.3) is 0 Å². The fraction of sp³-hybridized carbons (Fsp3) is 0.500. The number of anilines is 1. The predicted octanol–water partition coefficient (Wildman–Crippen LogP) is 2.62. The van der Waals surface area contributed by atoms with E-state index in [9.17, 15) is 9.59 Å². The second kappa shape index (κ2) is 4.93. The van der Waals surface area contributed by atoms with E-state index in [2.05, 4.69) is 6.92 Å². The first-order valence-electron chi connectivity index (χ1n) is 7.13. The van der Waals surface area contributed by atoms with Crippen molar-refractivity contribution in [2.45, 2.75) is 26.2 Å². The molecule has 0 radical (unpaired) electrons. The summed E-state index contributed by atoms with van der Waals surface area (Å²) in [4.78, 5) is 26.4. The predicted molar refractivity (Wildman–Crippen MR) is 75.5 cm³/mol. The topological polar surface area (TPSA) is 46.6 Å². The normalized spacial score (nSPS) is 29.5. The molecule has 3 atom stereocenters. The third-order valence-corrected chi connectivity index (χ3v) is 4.52. The maximum atomic E-state index is 12.5. The third kappa shape index (κ3) is 1.99. The van der Waals surface area contributed by atoms with E-state index in [4.69, 9.17) is 4.74 Å². The molecular weight excluding hydrogens is 254 g/mol. The molecule has 0 N–H and O–H groups in total. The Kier molecular flexibility index (Phi) is 3.24. The second-order valence-electron chi connectivity index (χ2n) is 5.84. The highest BCUT2D eigenvalue weighted by molar-refractivity contribution is 6.22. The van der Waals surface area contributed by atoms with Crippen molar-refractivity contribution in [3.05, 3.63) is 24.3 Å². The average molecular weight is 273 g/mol. The minimum atomic E-state index is -0.117. The Morgan fingerprint density at radius 1 is 1.05 bits per heavy atom. The minimum absolute atomic E-state index is 0.0305. The largest absolute Gasteiger partial charge is 0.497 e. The summed E-state index contributed by atoms with van der Waals surface area (Å²) in [7, 11) is 1.59. The van der Waals surface area contributed by atoms with Gasteiger partial charge in [0.1, 0.15) is 5.75 Å². The number of nitrogens with zero attached hydrogens (tertiary/aromatic N) is 1. The number of imide groups is 1. The molecule has 1 aromatic carbocycles. The molecule has 0 aromatic heterocycles. The van der Waals surface area contributed by atoms with E-state index in [0.717, 1.165) is 25.0 Å². The van der Waals surface area contributed by atoms with Gasteiger partial charge in [0.2, 0.25) is 11.8 Å². The molecule has 2 fully saturated rings.